The van der Waals surface area contributed by atoms with Crippen LogP contribution in [0.2, 0.25) is 0 Å². The highest BCUT2D eigenvalue weighted by molar-refractivity contribution is 7.99. The van der Waals surface area contributed by atoms with E-state index in [0.717, 1.165) is 11.3 Å². The summed E-state index contributed by atoms with van der Waals surface area (Å²) in [5, 5.41) is 12.4. The SMILES string of the molecule is CSC(C)/C(=N\O)c1ccccc1. The van der Waals surface area contributed by atoms with Crippen molar-refractivity contribution in [2.45, 2.75) is 12.2 Å². The molecular formula is C10H13NOS. The summed E-state index contributed by atoms with van der Waals surface area (Å²) in [5.74, 6) is 0. The lowest BCUT2D eigenvalue weighted by molar-refractivity contribution is 0.318. The van der Waals surface area contributed by atoms with Gasteiger partial charge in [0, 0.05) is 10.8 Å². The third-order valence-electron chi connectivity index (χ3n) is 1.92. The Kier molecular flexibility index (Phi) is 3.83. The third-order valence-corrected chi connectivity index (χ3v) is 2.85. The largest absolute Gasteiger partial charge is 0.411 e. The third kappa shape index (κ3) is 2.49. The maximum atomic E-state index is 8.86. The van der Waals surface area contributed by atoms with Gasteiger partial charge < -0.3 is 5.21 Å². The monoisotopic (exact) mass is 195 g/mol. The molecule has 70 valence electrons. The van der Waals surface area contributed by atoms with E-state index in [1.807, 2.05) is 43.5 Å². The molecule has 0 fully saturated rings. The van der Waals surface area contributed by atoms with E-state index in [0.29, 0.717) is 0 Å². The van der Waals surface area contributed by atoms with Gasteiger partial charge in [-0.05, 0) is 13.2 Å². The fourth-order valence-electron chi connectivity index (χ4n) is 1.09. The number of hydrogen-bond acceptors (Lipinski definition) is 3. The molecule has 3 heteroatoms. The molecule has 0 aliphatic carbocycles. The first-order chi connectivity index (χ1) is 6.29. The van der Waals surface area contributed by atoms with Gasteiger partial charge in [-0.25, -0.2) is 0 Å². The molecular weight excluding hydrogens is 182 g/mol. The van der Waals surface area contributed by atoms with Crippen LogP contribution >= 0.6 is 11.8 Å². The van der Waals surface area contributed by atoms with E-state index in [1.165, 1.54) is 0 Å². The van der Waals surface area contributed by atoms with Gasteiger partial charge in [-0.2, -0.15) is 11.8 Å². The maximum absolute atomic E-state index is 8.86. The minimum absolute atomic E-state index is 0.215. The van der Waals surface area contributed by atoms with Crippen molar-refractivity contribution >= 4 is 17.5 Å². The average Bonchev–Trinajstić information content (AvgIpc) is 2.20. The molecule has 1 N–H and O–H groups in total. The van der Waals surface area contributed by atoms with E-state index >= 15 is 0 Å². The van der Waals surface area contributed by atoms with Gasteiger partial charge in [-0.3, -0.25) is 0 Å². The smallest absolute Gasteiger partial charge is 0.0994 e. The molecule has 0 saturated heterocycles. The summed E-state index contributed by atoms with van der Waals surface area (Å²) in [5.41, 5.74) is 1.71. The predicted molar refractivity (Wildman–Crippen MR) is 57.7 cm³/mol. The fourth-order valence-corrected chi connectivity index (χ4v) is 1.50. The summed E-state index contributed by atoms with van der Waals surface area (Å²) in [6, 6.07) is 9.72. The number of oxime groups is 1. The molecule has 1 aromatic rings. The Hall–Kier alpha value is -0.960. The summed E-state index contributed by atoms with van der Waals surface area (Å²) in [4.78, 5) is 0. The predicted octanol–water partition coefficient (Wildman–Crippen LogP) is 2.62. The Labute approximate surface area is 82.7 Å². The molecule has 13 heavy (non-hydrogen) atoms. The van der Waals surface area contributed by atoms with Gasteiger partial charge in [0.2, 0.25) is 0 Å². The standard InChI is InChI=1S/C10H13NOS/c1-8(13-2)10(11-12)9-6-4-3-5-7-9/h3-8,12H,1-2H3/b11-10+. The van der Waals surface area contributed by atoms with E-state index < -0.39 is 0 Å². The lowest BCUT2D eigenvalue weighted by Gasteiger charge is -2.09. The summed E-state index contributed by atoms with van der Waals surface area (Å²) in [6.45, 7) is 2.02. The van der Waals surface area contributed by atoms with Crippen molar-refractivity contribution in [1.82, 2.24) is 0 Å². The molecule has 1 rings (SSSR count). The molecule has 0 bridgehead atoms. The summed E-state index contributed by atoms with van der Waals surface area (Å²) in [7, 11) is 0. The van der Waals surface area contributed by atoms with E-state index in [1.54, 1.807) is 11.8 Å². The zero-order chi connectivity index (χ0) is 9.68. The van der Waals surface area contributed by atoms with Gasteiger partial charge in [-0.15, -0.1) is 0 Å². The zero-order valence-electron chi connectivity index (χ0n) is 7.77. The van der Waals surface area contributed by atoms with Gasteiger partial charge in [-0.1, -0.05) is 35.5 Å². The second-order valence-corrected chi connectivity index (χ2v) is 3.91. The number of benzene rings is 1. The van der Waals surface area contributed by atoms with Gasteiger partial charge in [0.05, 0.1) is 5.71 Å². The van der Waals surface area contributed by atoms with Crippen molar-refractivity contribution in [3.8, 4) is 0 Å². The van der Waals surface area contributed by atoms with Crippen LogP contribution in [0.3, 0.4) is 0 Å². The van der Waals surface area contributed by atoms with Crippen LogP contribution in [0.4, 0.5) is 0 Å². The van der Waals surface area contributed by atoms with Crippen LogP contribution in [-0.2, 0) is 0 Å². The number of thioether (sulfide) groups is 1. The highest BCUT2D eigenvalue weighted by Crippen LogP contribution is 2.13. The lowest BCUT2D eigenvalue weighted by Crippen LogP contribution is -2.14. The van der Waals surface area contributed by atoms with Crippen LogP contribution in [0.15, 0.2) is 35.5 Å². The van der Waals surface area contributed by atoms with E-state index in [4.69, 9.17) is 5.21 Å². The van der Waals surface area contributed by atoms with Crippen LogP contribution in [0.25, 0.3) is 0 Å². The van der Waals surface area contributed by atoms with Crippen molar-refractivity contribution in [2.24, 2.45) is 5.16 Å². The van der Waals surface area contributed by atoms with Gasteiger partial charge >= 0.3 is 0 Å². The highest BCUT2D eigenvalue weighted by Gasteiger charge is 2.11. The molecule has 1 unspecified atom stereocenters. The van der Waals surface area contributed by atoms with E-state index in [-0.39, 0.29) is 5.25 Å². The van der Waals surface area contributed by atoms with Crippen LogP contribution in [0.5, 0.6) is 0 Å². The van der Waals surface area contributed by atoms with Crippen LogP contribution < -0.4 is 0 Å². The van der Waals surface area contributed by atoms with E-state index in [9.17, 15) is 0 Å². The topological polar surface area (TPSA) is 32.6 Å². The summed E-state index contributed by atoms with van der Waals surface area (Å²) in [6.07, 6.45) is 2.00. The van der Waals surface area contributed by atoms with Crippen molar-refractivity contribution in [1.29, 1.82) is 0 Å². The van der Waals surface area contributed by atoms with Gasteiger partial charge in [0.15, 0.2) is 0 Å². The molecule has 0 spiro atoms. The van der Waals surface area contributed by atoms with Crippen LogP contribution in [-0.4, -0.2) is 22.4 Å². The van der Waals surface area contributed by atoms with Crippen molar-refractivity contribution in [3.05, 3.63) is 35.9 Å². The normalized spacial score (nSPS) is 14.2. The van der Waals surface area contributed by atoms with E-state index in [2.05, 4.69) is 5.16 Å². The van der Waals surface area contributed by atoms with Crippen molar-refractivity contribution < 1.29 is 5.21 Å². The average molecular weight is 195 g/mol. The first kappa shape index (κ1) is 10.1. The summed E-state index contributed by atoms with van der Waals surface area (Å²) >= 11 is 1.66. The quantitative estimate of drug-likeness (QED) is 0.457. The molecule has 1 atom stereocenters. The second kappa shape index (κ2) is 4.92. The molecule has 0 amide bonds. The first-order valence-corrected chi connectivity index (χ1v) is 5.38. The fraction of sp³-hybridized carbons (Fsp3) is 0.300. The molecule has 0 aliphatic rings. The number of hydrogen-bond donors (Lipinski definition) is 1. The van der Waals surface area contributed by atoms with Crippen molar-refractivity contribution in [2.75, 3.05) is 6.26 Å². The Morgan fingerprint density at radius 3 is 2.46 bits per heavy atom. The maximum Gasteiger partial charge on any atom is 0.0994 e. The molecule has 2 nitrogen and oxygen atoms in total. The van der Waals surface area contributed by atoms with Gasteiger partial charge in [0.25, 0.3) is 0 Å². The molecule has 1 aromatic carbocycles. The Morgan fingerprint density at radius 2 is 2.00 bits per heavy atom. The Morgan fingerprint density at radius 1 is 1.38 bits per heavy atom. The second-order valence-electron chi connectivity index (χ2n) is 2.73. The highest BCUT2D eigenvalue weighted by atomic mass is 32.2. The van der Waals surface area contributed by atoms with Crippen LogP contribution in [0, 0.1) is 0 Å². The zero-order valence-corrected chi connectivity index (χ0v) is 8.58. The van der Waals surface area contributed by atoms with Gasteiger partial charge in [0.1, 0.15) is 0 Å². The minimum atomic E-state index is 0.215. The molecule has 0 saturated carbocycles. The minimum Gasteiger partial charge on any atom is -0.411 e. The van der Waals surface area contributed by atoms with Crippen molar-refractivity contribution in [3.63, 3.8) is 0 Å². The number of nitrogens with zero attached hydrogens (tertiary/aromatic N) is 1. The van der Waals surface area contributed by atoms with Crippen LogP contribution in [0.1, 0.15) is 12.5 Å². The molecule has 0 heterocycles. The Bertz CT molecular complexity index is 284. The first-order valence-electron chi connectivity index (χ1n) is 4.09. The molecule has 0 aromatic heterocycles. The molecule has 0 aliphatic heterocycles. The molecule has 0 radical (unpaired) electrons. The number of rotatable bonds is 3. The summed E-state index contributed by atoms with van der Waals surface area (Å²) < 4.78 is 0. The Balaban J connectivity index is 2.93. The lowest BCUT2D eigenvalue weighted by atomic mass is 10.1.